The second kappa shape index (κ2) is 5.84. The van der Waals surface area contributed by atoms with Crippen LogP contribution in [0.25, 0.3) is 0 Å². The first kappa shape index (κ1) is 16.1. The van der Waals surface area contributed by atoms with Gasteiger partial charge >= 0.3 is 0 Å². The highest BCUT2D eigenvalue weighted by atomic mass is 35.5. The van der Waals surface area contributed by atoms with Crippen LogP contribution in [0.1, 0.15) is 11.4 Å². The van der Waals surface area contributed by atoms with E-state index in [1.807, 2.05) is 0 Å². The number of sulfonamides is 1. The maximum Gasteiger partial charge on any atom is 0.260 e. The summed E-state index contributed by atoms with van der Waals surface area (Å²) in [5.41, 5.74) is 3.95. The zero-order valence-corrected chi connectivity index (χ0v) is 13.9. The molecule has 114 valence electrons. The zero-order chi connectivity index (χ0) is 15.8. The number of nitrogens with zero attached hydrogens (tertiary/aromatic N) is 2. The number of halogens is 2. The van der Waals surface area contributed by atoms with Crippen molar-refractivity contribution in [2.75, 3.05) is 5.43 Å². The molecular weight excluding hydrogens is 335 g/mol. The highest BCUT2D eigenvalue weighted by Crippen LogP contribution is 2.25. The Kier molecular flexibility index (Phi) is 4.48. The van der Waals surface area contributed by atoms with Gasteiger partial charge in [-0.25, -0.2) is 8.42 Å². The highest BCUT2D eigenvalue weighted by Gasteiger charge is 2.23. The van der Waals surface area contributed by atoms with E-state index in [-0.39, 0.29) is 4.90 Å². The Balaban J connectivity index is 2.26. The van der Waals surface area contributed by atoms with Crippen LogP contribution in [0.2, 0.25) is 10.0 Å². The summed E-state index contributed by atoms with van der Waals surface area (Å²) in [5.74, 6) is 0. The van der Waals surface area contributed by atoms with Crippen molar-refractivity contribution in [3.8, 4) is 0 Å². The van der Waals surface area contributed by atoms with Crippen molar-refractivity contribution >= 4 is 38.9 Å². The Morgan fingerprint density at radius 1 is 1.24 bits per heavy atom. The van der Waals surface area contributed by atoms with Crippen LogP contribution in [0.4, 0.5) is 5.69 Å². The predicted octanol–water partition coefficient (Wildman–Crippen LogP) is 2.65. The quantitative estimate of drug-likeness (QED) is 0.832. The van der Waals surface area contributed by atoms with Crippen LogP contribution in [-0.4, -0.2) is 18.2 Å². The number of benzene rings is 1. The van der Waals surface area contributed by atoms with E-state index in [9.17, 15) is 8.42 Å². The van der Waals surface area contributed by atoms with Crippen LogP contribution in [0.3, 0.4) is 0 Å². The number of hydrazine groups is 1. The highest BCUT2D eigenvalue weighted by molar-refractivity contribution is 7.89. The molecule has 2 aromatic rings. The van der Waals surface area contributed by atoms with E-state index in [1.54, 1.807) is 33.0 Å². The summed E-state index contributed by atoms with van der Waals surface area (Å²) in [5, 5.41) is 4.86. The van der Waals surface area contributed by atoms with E-state index in [0.717, 1.165) is 0 Å². The first-order valence-electron chi connectivity index (χ1n) is 5.95. The minimum atomic E-state index is -3.76. The summed E-state index contributed by atoms with van der Waals surface area (Å²) in [6.45, 7) is 3.32. The van der Waals surface area contributed by atoms with Crippen LogP contribution in [-0.2, 0) is 17.1 Å². The first-order chi connectivity index (χ1) is 9.72. The van der Waals surface area contributed by atoms with Crippen LogP contribution in [0.15, 0.2) is 23.1 Å². The molecule has 0 aliphatic heterocycles. The van der Waals surface area contributed by atoms with Gasteiger partial charge in [-0.3, -0.25) is 4.68 Å². The van der Waals surface area contributed by atoms with Gasteiger partial charge in [0, 0.05) is 12.1 Å². The molecule has 0 atom stereocenters. The second-order valence-electron chi connectivity index (χ2n) is 4.48. The van der Waals surface area contributed by atoms with Crippen molar-refractivity contribution in [2.24, 2.45) is 7.05 Å². The molecule has 0 amide bonds. The first-order valence-corrected chi connectivity index (χ1v) is 8.19. The van der Waals surface area contributed by atoms with Gasteiger partial charge in [-0.2, -0.15) is 5.10 Å². The number of aryl methyl sites for hydroxylation is 2. The van der Waals surface area contributed by atoms with E-state index in [0.29, 0.717) is 27.1 Å². The molecule has 0 saturated carbocycles. The maximum atomic E-state index is 12.3. The molecule has 1 aromatic carbocycles. The number of anilines is 1. The van der Waals surface area contributed by atoms with Crippen molar-refractivity contribution in [2.45, 2.75) is 18.7 Å². The maximum absolute atomic E-state index is 12.3. The van der Waals surface area contributed by atoms with Crippen molar-refractivity contribution in [3.63, 3.8) is 0 Å². The Labute approximate surface area is 133 Å². The van der Waals surface area contributed by atoms with Gasteiger partial charge in [0.25, 0.3) is 10.0 Å². The van der Waals surface area contributed by atoms with Crippen molar-refractivity contribution < 1.29 is 8.42 Å². The van der Waals surface area contributed by atoms with Crippen molar-refractivity contribution in [1.29, 1.82) is 0 Å². The molecular formula is C12H14Cl2N4O2S. The third kappa shape index (κ3) is 3.32. The molecule has 0 bridgehead atoms. The van der Waals surface area contributed by atoms with Crippen molar-refractivity contribution in [3.05, 3.63) is 39.6 Å². The van der Waals surface area contributed by atoms with Crippen LogP contribution in [0, 0.1) is 13.8 Å². The minimum Gasteiger partial charge on any atom is -0.306 e. The molecule has 1 heterocycles. The number of rotatable bonds is 4. The molecule has 2 N–H and O–H groups in total. The van der Waals surface area contributed by atoms with E-state index in [1.165, 1.54) is 10.7 Å². The third-order valence-corrected chi connectivity index (χ3v) is 5.01. The van der Waals surface area contributed by atoms with Gasteiger partial charge in [-0.1, -0.05) is 23.2 Å². The summed E-state index contributed by atoms with van der Waals surface area (Å²) in [6.07, 6.45) is 0. The Bertz CT molecular complexity index is 787. The SMILES string of the molecule is Cc1nn(C)c(C)c1S(=O)(=O)NNc1ccc(Cl)cc1Cl. The van der Waals surface area contributed by atoms with Crippen LogP contribution >= 0.6 is 23.2 Å². The van der Waals surface area contributed by atoms with Gasteiger partial charge < -0.3 is 5.43 Å². The van der Waals surface area contributed by atoms with E-state index in [2.05, 4.69) is 15.4 Å². The van der Waals surface area contributed by atoms with E-state index >= 15 is 0 Å². The van der Waals surface area contributed by atoms with Gasteiger partial charge in [-0.15, -0.1) is 4.83 Å². The predicted molar refractivity (Wildman–Crippen MR) is 83.1 cm³/mol. The molecule has 0 spiro atoms. The fraction of sp³-hybridized carbons (Fsp3) is 0.250. The summed E-state index contributed by atoms with van der Waals surface area (Å²) in [4.78, 5) is 2.43. The van der Waals surface area contributed by atoms with Gasteiger partial charge in [-0.05, 0) is 32.0 Å². The van der Waals surface area contributed by atoms with Crippen LogP contribution < -0.4 is 10.3 Å². The molecule has 0 aliphatic carbocycles. The summed E-state index contributed by atoms with van der Waals surface area (Å²) in [6, 6.07) is 4.70. The van der Waals surface area contributed by atoms with E-state index in [4.69, 9.17) is 23.2 Å². The van der Waals surface area contributed by atoms with E-state index < -0.39 is 10.0 Å². The van der Waals surface area contributed by atoms with Gasteiger partial charge in [0.2, 0.25) is 0 Å². The summed E-state index contributed by atoms with van der Waals surface area (Å²) < 4.78 is 26.2. The van der Waals surface area contributed by atoms with Gasteiger partial charge in [0.1, 0.15) is 4.90 Å². The van der Waals surface area contributed by atoms with Gasteiger partial charge in [0.05, 0.1) is 22.1 Å². The topological polar surface area (TPSA) is 76.0 Å². The fourth-order valence-corrected chi connectivity index (χ4v) is 3.66. The monoisotopic (exact) mass is 348 g/mol. The zero-order valence-electron chi connectivity index (χ0n) is 11.6. The Morgan fingerprint density at radius 2 is 1.90 bits per heavy atom. The second-order valence-corrected chi connectivity index (χ2v) is 6.94. The number of hydrogen-bond acceptors (Lipinski definition) is 4. The molecule has 0 unspecified atom stereocenters. The molecule has 2 rings (SSSR count). The lowest BCUT2D eigenvalue weighted by Crippen LogP contribution is -2.30. The molecule has 0 radical (unpaired) electrons. The molecule has 9 heteroatoms. The standard InChI is InChI=1S/C12H14Cl2N4O2S/c1-7-12(8(2)18(3)16-7)21(19,20)17-15-11-5-4-9(13)6-10(11)14/h4-6,15,17H,1-3H3. The number of nitrogens with one attached hydrogen (secondary N) is 2. The largest absolute Gasteiger partial charge is 0.306 e. The minimum absolute atomic E-state index is 0.141. The fourth-order valence-electron chi connectivity index (χ4n) is 1.91. The molecule has 21 heavy (non-hydrogen) atoms. The smallest absolute Gasteiger partial charge is 0.260 e. The molecule has 0 fully saturated rings. The Morgan fingerprint density at radius 3 is 2.43 bits per heavy atom. The molecule has 1 aromatic heterocycles. The lowest BCUT2D eigenvalue weighted by molar-refractivity contribution is 0.586. The van der Waals surface area contributed by atoms with Gasteiger partial charge in [0.15, 0.2) is 0 Å². The number of hydrogen-bond donors (Lipinski definition) is 2. The average Bonchev–Trinajstić information content (AvgIpc) is 2.62. The number of aromatic nitrogens is 2. The average molecular weight is 349 g/mol. The lowest BCUT2D eigenvalue weighted by atomic mass is 10.3. The van der Waals surface area contributed by atoms with Crippen LogP contribution in [0.5, 0.6) is 0 Å². The normalized spacial score (nSPS) is 11.7. The lowest BCUT2D eigenvalue weighted by Gasteiger charge is -2.11. The molecule has 0 aliphatic rings. The molecule has 0 saturated heterocycles. The third-order valence-electron chi connectivity index (χ3n) is 2.96. The summed E-state index contributed by atoms with van der Waals surface area (Å²) in [7, 11) is -2.08. The summed E-state index contributed by atoms with van der Waals surface area (Å²) >= 11 is 11.8. The Hall–Kier alpha value is -1.28. The van der Waals surface area contributed by atoms with Crippen molar-refractivity contribution in [1.82, 2.24) is 14.6 Å². The molecule has 6 nitrogen and oxygen atoms in total.